The Bertz CT molecular complexity index is 1020. The molecular formula is C20H31N5O3. The second-order valence-electron chi connectivity index (χ2n) is 8.98. The second-order valence-corrected chi connectivity index (χ2v) is 8.98. The third-order valence-corrected chi connectivity index (χ3v) is 5.85. The van der Waals surface area contributed by atoms with E-state index in [1.165, 1.54) is 18.0 Å². The molecule has 1 aliphatic heterocycles. The minimum atomic E-state index is -0.530. The molecule has 1 fully saturated rings. The van der Waals surface area contributed by atoms with Crippen LogP contribution in [0.4, 0.5) is 0 Å². The molecule has 8 nitrogen and oxygen atoms in total. The van der Waals surface area contributed by atoms with Gasteiger partial charge in [-0.3, -0.25) is 23.6 Å². The van der Waals surface area contributed by atoms with Crippen molar-refractivity contribution in [1.82, 2.24) is 23.6 Å². The number of carbonyl (C=O) groups is 1. The van der Waals surface area contributed by atoms with Gasteiger partial charge in [-0.2, -0.15) is 0 Å². The van der Waals surface area contributed by atoms with E-state index in [9.17, 15) is 14.4 Å². The molecule has 0 amide bonds. The maximum absolute atomic E-state index is 12.9. The van der Waals surface area contributed by atoms with E-state index >= 15 is 0 Å². The zero-order chi connectivity index (χ0) is 20.8. The van der Waals surface area contributed by atoms with Crippen LogP contribution in [0, 0.1) is 5.41 Å². The van der Waals surface area contributed by atoms with E-state index in [2.05, 4.69) is 16.8 Å². The Kier molecular flexibility index (Phi) is 5.36. The first-order chi connectivity index (χ1) is 13.0. The predicted molar refractivity (Wildman–Crippen MR) is 108 cm³/mol. The highest BCUT2D eigenvalue weighted by Gasteiger charge is 2.28. The third-order valence-electron chi connectivity index (χ3n) is 5.85. The first-order valence-corrected chi connectivity index (χ1v) is 9.95. The van der Waals surface area contributed by atoms with E-state index in [-0.39, 0.29) is 12.3 Å². The summed E-state index contributed by atoms with van der Waals surface area (Å²) in [6, 6.07) is 0.423. The summed E-state index contributed by atoms with van der Waals surface area (Å²) < 4.78 is 4.19. The van der Waals surface area contributed by atoms with Crippen molar-refractivity contribution in [1.29, 1.82) is 0 Å². The Morgan fingerprint density at radius 2 is 1.82 bits per heavy atom. The van der Waals surface area contributed by atoms with Crippen molar-refractivity contribution < 1.29 is 4.79 Å². The number of hydrogen-bond donors (Lipinski definition) is 0. The molecule has 2 aromatic heterocycles. The van der Waals surface area contributed by atoms with Crippen molar-refractivity contribution in [2.24, 2.45) is 19.5 Å². The number of hydrogen-bond acceptors (Lipinski definition) is 5. The average Bonchev–Trinajstić information content (AvgIpc) is 2.97. The number of imidazole rings is 1. The molecule has 0 aromatic carbocycles. The van der Waals surface area contributed by atoms with Crippen LogP contribution >= 0.6 is 0 Å². The number of piperidine rings is 1. The summed E-state index contributed by atoms with van der Waals surface area (Å²) in [4.78, 5) is 45.0. The minimum Gasteiger partial charge on any atom is -0.313 e. The normalized spacial score (nSPS) is 18.7. The number of aryl methyl sites for hydroxylation is 1. The summed E-state index contributed by atoms with van der Waals surface area (Å²) in [7, 11) is 3.07. The molecule has 0 aliphatic carbocycles. The van der Waals surface area contributed by atoms with E-state index in [4.69, 9.17) is 0 Å². The van der Waals surface area contributed by atoms with Gasteiger partial charge in [0.05, 0.1) is 13.1 Å². The Labute approximate surface area is 164 Å². The number of carbonyl (C=O) groups excluding carboxylic acids is 1. The molecule has 3 rings (SSSR count). The van der Waals surface area contributed by atoms with Crippen molar-refractivity contribution in [3.63, 3.8) is 0 Å². The SMILES string of the molecule is C[C@@H]1CCCCN1Cc1nc2c(c(=O)n(C)c(=O)n2C)n1CC(=O)C(C)(C)C. The Morgan fingerprint density at radius 1 is 1.14 bits per heavy atom. The molecule has 8 heteroatoms. The first-order valence-electron chi connectivity index (χ1n) is 9.95. The van der Waals surface area contributed by atoms with Crippen LogP contribution in [0.25, 0.3) is 11.2 Å². The monoisotopic (exact) mass is 389 g/mol. The highest BCUT2D eigenvalue weighted by molar-refractivity contribution is 5.85. The van der Waals surface area contributed by atoms with Gasteiger partial charge in [0.25, 0.3) is 5.56 Å². The molecule has 0 saturated carbocycles. The highest BCUT2D eigenvalue weighted by Crippen LogP contribution is 2.22. The molecule has 1 aliphatic rings. The lowest BCUT2D eigenvalue weighted by molar-refractivity contribution is -0.126. The number of nitrogens with zero attached hydrogens (tertiary/aromatic N) is 5. The van der Waals surface area contributed by atoms with Crippen LogP contribution in [0.1, 0.15) is 52.8 Å². The molecule has 0 radical (unpaired) electrons. The number of rotatable bonds is 4. The van der Waals surface area contributed by atoms with Crippen LogP contribution in [0.2, 0.25) is 0 Å². The zero-order valence-electron chi connectivity index (χ0n) is 17.8. The summed E-state index contributed by atoms with van der Waals surface area (Å²) in [5.74, 6) is 0.690. The van der Waals surface area contributed by atoms with Gasteiger partial charge >= 0.3 is 5.69 Å². The van der Waals surface area contributed by atoms with Gasteiger partial charge in [0.1, 0.15) is 5.82 Å². The lowest BCUT2D eigenvalue weighted by atomic mass is 9.91. The van der Waals surface area contributed by atoms with E-state index in [0.717, 1.165) is 24.0 Å². The molecule has 28 heavy (non-hydrogen) atoms. The van der Waals surface area contributed by atoms with Crippen LogP contribution in [0.3, 0.4) is 0 Å². The van der Waals surface area contributed by atoms with E-state index in [0.29, 0.717) is 29.6 Å². The summed E-state index contributed by atoms with van der Waals surface area (Å²) in [6.45, 7) is 9.41. The number of fused-ring (bicyclic) bond motifs is 1. The van der Waals surface area contributed by atoms with Crippen molar-refractivity contribution in [2.75, 3.05) is 6.54 Å². The molecule has 0 unspecified atom stereocenters. The fourth-order valence-electron chi connectivity index (χ4n) is 3.74. The van der Waals surface area contributed by atoms with Gasteiger partial charge in [-0.1, -0.05) is 27.2 Å². The standard InChI is InChI=1S/C20H31N5O3/c1-13-9-7-8-10-24(13)12-15-21-17-16(18(27)23(6)19(28)22(17)5)25(15)11-14(26)20(2,3)4/h13H,7-12H2,1-6H3/t13-/m1/s1. The fourth-order valence-corrected chi connectivity index (χ4v) is 3.74. The van der Waals surface area contributed by atoms with Gasteiger partial charge in [0.15, 0.2) is 16.9 Å². The summed E-state index contributed by atoms with van der Waals surface area (Å²) in [5, 5.41) is 0. The number of likely N-dealkylation sites (tertiary alicyclic amines) is 1. The molecule has 1 saturated heterocycles. The van der Waals surface area contributed by atoms with E-state index in [1.54, 1.807) is 11.6 Å². The van der Waals surface area contributed by atoms with Gasteiger partial charge in [-0.05, 0) is 26.3 Å². The molecule has 0 N–H and O–H groups in total. The van der Waals surface area contributed by atoms with E-state index < -0.39 is 16.7 Å². The first kappa shape index (κ1) is 20.5. The van der Waals surface area contributed by atoms with Crippen LogP contribution in [-0.2, 0) is 32.0 Å². The zero-order valence-corrected chi connectivity index (χ0v) is 17.8. The molecule has 0 spiro atoms. The molecule has 0 bridgehead atoms. The summed E-state index contributed by atoms with van der Waals surface area (Å²) in [6.07, 6.45) is 3.47. The van der Waals surface area contributed by atoms with Gasteiger partial charge in [-0.15, -0.1) is 0 Å². The van der Waals surface area contributed by atoms with Gasteiger partial charge in [0.2, 0.25) is 0 Å². The molecule has 1 atom stereocenters. The molecular weight excluding hydrogens is 358 g/mol. The Balaban J connectivity index is 2.18. The van der Waals surface area contributed by atoms with Crippen LogP contribution in [0.5, 0.6) is 0 Å². The summed E-state index contributed by atoms with van der Waals surface area (Å²) in [5.41, 5.74) is -0.693. The number of aromatic nitrogens is 4. The third kappa shape index (κ3) is 3.57. The molecule has 2 aromatic rings. The second kappa shape index (κ2) is 7.31. The molecule has 3 heterocycles. The number of ketones is 1. The summed E-state index contributed by atoms with van der Waals surface area (Å²) >= 11 is 0. The number of Topliss-reactive ketones (excluding diaryl/α,β-unsaturated/α-hetero) is 1. The van der Waals surface area contributed by atoms with Crippen LogP contribution < -0.4 is 11.2 Å². The van der Waals surface area contributed by atoms with Crippen molar-refractivity contribution in [3.8, 4) is 0 Å². The lowest BCUT2D eigenvalue weighted by Crippen LogP contribution is -2.39. The quantitative estimate of drug-likeness (QED) is 0.790. The Morgan fingerprint density at radius 3 is 2.43 bits per heavy atom. The van der Waals surface area contributed by atoms with Gasteiger partial charge < -0.3 is 4.57 Å². The fraction of sp³-hybridized carbons (Fsp3) is 0.700. The largest absolute Gasteiger partial charge is 0.332 e. The van der Waals surface area contributed by atoms with Crippen molar-refractivity contribution in [2.45, 2.75) is 66.1 Å². The van der Waals surface area contributed by atoms with Crippen molar-refractivity contribution >= 4 is 16.9 Å². The average molecular weight is 390 g/mol. The topological polar surface area (TPSA) is 82.1 Å². The van der Waals surface area contributed by atoms with Crippen LogP contribution in [-0.4, -0.2) is 42.0 Å². The minimum absolute atomic E-state index is 0.0237. The van der Waals surface area contributed by atoms with Crippen LogP contribution in [0.15, 0.2) is 9.59 Å². The highest BCUT2D eigenvalue weighted by atomic mass is 16.2. The predicted octanol–water partition coefficient (Wildman–Crippen LogP) is 1.42. The lowest BCUT2D eigenvalue weighted by Gasteiger charge is -2.33. The van der Waals surface area contributed by atoms with Gasteiger partial charge in [-0.25, -0.2) is 9.78 Å². The smallest absolute Gasteiger partial charge is 0.313 e. The van der Waals surface area contributed by atoms with Crippen molar-refractivity contribution in [3.05, 3.63) is 26.7 Å². The van der Waals surface area contributed by atoms with Gasteiger partial charge in [0, 0.05) is 25.6 Å². The Hall–Kier alpha value is -2.22. The van der Waals surface area contributed by atoms with E-state index in [1.807, 2.05) is 20.8 Å². The maximum Gasteiger partial charge on any atom is 0.332 e. The maximum atomic E-state index is 12.9. The molecule has 154 valence electrons.